The minimum Gasteiger partial charge on any atom is -0.310 e. The van der Waals surface area contributed by atoms with Gasteiger partial charge in [0.1, 0.15) is 0 Å². The lowest BCUT2D eigenvalue weighted by molar-refractivity contribution is 0.590. The zero-order valence-corrected chi connectivity index (χ0v) is 59.9. The van der Waals surface area contributed by atoms with Gasteiger partial charge in [-0.3, -0.25) is 0 Å². The van der Waals surface area contributed by atoms with Crippen molar-refractivity contribution >= 4 is 34.1 Å². The average molecular weight is 1260 g/mol. The maximum absolute atomic E-state index is 2.62. The molecule has 2 nitrogen and oxygen atoms in total. The molecule has 0 saturated heterocycles. The summed E-state index contributed by atoms with van der Waals surface area (Å²) < 4.78 is 0. The fourth-order valence-electron chi connectivity index (χ4n) is 14.0. The van der Waals surface area contributed by atoms with Gasteiger partial charge in [-0.05, 0) is 247 Å². The van der Waals surface area contributed by atoms with E-state index >= 15 is 0 Å². The quantitative estimate of drug-likeness (QED) is 0.0499. The van der Waals surface area contributed by atoms with E-state index in [1.165, 1.54) is 150 Å². The molecule has 0 heterocycles. The predicted octanol–water partition coefficient (Wildman–Crippen LogP) is 28.0. The highest BCUT2D eigenvalue weighted by Crippen LogP contribution is 2.44. The average Bonchev–Trinajstić information content (AvgIpc) is 0.772. The highest BCUT2D eigenvalue weighted by atomic mass is 15.1. The number of aryl methyl sites for hydroxylation is 6. The maximum atomic E-state index is 2.62. The van der Waals surface area contributed by atoms with Crippen LogP contribution >= 0.6 is 0 Å². The van der Waals surface area contributed by atoms with Gasteiger partial charge in [-0.1, -0.05) is 290 Å². The van der Waals surface area contributed by atoms with Crippen molar-refractivity contribution in [2.75, 3.05) is 9.80 Å². The molecule has 0 aliphatic heterocycles. The number of unbranched alkanes of at least 4 members (excludes halogenated alkanes) is 6. The lowest BCUT2D eigenvalue weighted by atomic mass is 9.84. The summed E-state index contributed by atoms with van der Waals surface area (Å²) in [5.41, 5.74) is 33.1. The molecule has 0 radical (unpaired) electrons. The molecule has 2 heteroatoms. The van der Waals surface area contributed by atoms with Crippen molar-refractivity contribution in [1.29, 1.82) is 0 Å². The number of hydrogen-bond donors (Lipinski definition) is 0. The normalized spacial score (nSPS) is 11.7. The van der Waals surface area contributed by atoms with Gasteiger partial charge in [0.05, 0.1) is 0 Å². The monoisotopic (exact) mass is 1260 g/mol. The smallest absolute Gasteiger partial charge is 0.0464 e. The third-order valence-corrected chi connectivity index (χ3v) is 19.8. The van der Waals surface area contributed by atoms with Gasteiger partial charge < -0.3 is 9.80 Å². The summed E-state index contributed by atoms with van der Waals surface area (Å²) in [6.45, 7) is 27.5. The van der Waals surface area contributed by atoms with Gasteiger partial charge in [-0.25, -0.2) is 0 Å². The highest BCUT2D eigenvalue weighted by molar-refractivity contribution is 5.87. The molecule has 0 atom stereocenters. The molecular weight excluding hydrogens is 1160 g/mol. The Labute approximate surface area is 578 Å². The van der Waals surface area contributed by atoms with E-state index in [0.29, 0.717) is 0 Å². The first-order valence-electron chi connectivity index (χ1n) is 36.3. The van der Waals surface area contributed by atoms with E-state index in [9.17, 15) is 0 Å². The van der Waals surface area contributed by atoms with Crippen molar-refractivity contribution in [2.45, 2.75) is 184 Å². The third kappa shape index (κ3) is 16.4. The van der Waals surface area contributed by atoms with Crippen LogP contribution in [-0.2, 0) is 36.5 Å². The molecule has 96 heavy (non-hydrogen) atoms. The molecule has 490 valence electrons. The van der Waals surface area contributed by atoms with E-state index in [2.05, 4.69) is 336 Å². The van der Waals surface area contributed by atoms with Crippen molar-refractivity contribution in [3.63, 3.8) is 0 Å². The van der Waals surface area contributed by atoms with Crippen LogP contribution < -0.4 is 9.80 Å². The molecule has 0 amide bonds. The predicted molar refractivity (Wildman–Crippen MR) is 419 cm³/mol. The molecular formula is C94H104N2. The van der Waals surface area contributed by atoms with Crippen molar-refractivity contribution in [2.24, 2.45) is 0 Å². The van der Waals surface area contributed by atoms with E-state index in [-0.39, 0.29) is 10.8 Å². The second-order valence-corrected chi connectivity index (χ2v) is 29.2. The van der Waals surface area contributed by atoms with Gasteiger partial charge in [0.25, 0.3) is 0 Å². The van der Waals surface area contributed by atoms with Crippen molar-refractivity contribution in [1.82, 2.24) is 0 Å². The Hall–Kier alpha value is -8.98. The first-order chi connectivity index (χ1) is 46.5. The molecule has 0 fully saturated rings. The Morgan fingerprint density at radius 1 is 0.240 bits per heavy atom. The molecule has 0 spiro atoms. The van der Waals surface area contributed by atoms with Gasteiger partial charge in [-0.2, -0.15) is 0 Å². The molecule has 0 unspecified atom stereocenters. The summed E-state index contributed by atoms with van der Waals surface area (Å²) in [4.78, 5) is 4.89. The molecule has 0 saturated carbocycles. The fourth-order valence-corrected chi connectivity index (χ4v) is 14.0. The van der Waals surface area contributed by atoms with Gasteiger partial charge in [0.2, 0.25) is 0 Å². The van der Waals surface area contributed by atoms with E-state index in [1.807, 2.05) is 0 Å². The van der Waals surface area contributed by atoms with Crippen LogP contribution in [0.3, 0.4) is 0 Å². The first-order valence-corrected chi connectivity index (χ1v) is 36.3. The van der Waals surface area contributed by atoms with Crippen molar-refractivity contribution in [3.8, 4) is 66.8 Å². The van der Waals surface area contributed by atoms with Crippen LogP contribution in [0.2, 0.25) is 0 Å². The Morgan fingerprint density at radius 2 is 0.500 bits per heavy atom. The second kappa shape index (κ2) is 31.3. The fraction of sp³-hybridized carbons (Fsp3) is 0.298. The Kier molecular flexibility index (Phi) is 22.3. The lowest BCUT2D eigenvalue weighted by Crippen LogP contribution is -2.11. The molecule has 0 aromatic heterocycles. The Bertz CT molecular complexity index is 4000. The van der Waals surface area contributed by atoms with Crippen LogP contribution in [0.4, 0.5) is 34.1 Å². The Balaban J connectivity index is 0.976. The van der Waals surface area contributed by atoms with Gasteiger partial charge in [-0.15, -0.1) is 0 Å². The topological polar surface area (TPSA) is 6.48 Å². The van der Waals surface area contributed by atoms with Crippen LogP contribution in [-0.4, -0.2) is 0 Å². The van der Waals surface area contributed by atoms with Crippen LogP contribution in [0.5, 0.6) is 0 Å². The summed E-state index contributed by atoms with van der Waals surface area (Å²) in [5.74, 6) is 0. The molecule has 0 N–H and O–H groups in total. The zero-order valence-electron chi connectivity index (χ0n) is 59.9. The lowest BCUT2D eigenvalue weighted by Gasteiger charge is -2.28. The summed E-state index contributed by atoms with van der Waals surface area (Å²) in [5, 5.41) is 0. The van der Waals surface area contributed by atoms with Crippen molar-refractivity contribution in [3.05, 3.63) is 287 Å². The van der Waals surface area contributed by atoms with Crippen molar-refractivity contribution < 1.29 is 0 Å². The number of nitrogens with zero attached hydrogens (tertiary/aromatic N) is 2. The van der Waals surface area contributed by atoms with Crippen LogP contribution in [0.1, 0.15) is 178 Å². The van der Waals surface area contributed by atoms with E-state index in [0.717, 1.165) is 85.5 Å². The summed E-state index contributed by atoms with van der Waals surface area (Å²) in [6.07, 6.45) is 16.3. The molecule has 11 aromatic carbocycles. The summed E-state index contributed by atoms with van der Waals surface area (Å²) in [6, 6.07) is 93.0. The molecule has 0 aliphatic carbocycles. The molecule has 11 aromatic rings. The van der Waals surface area contributed by atoms with Gasteiger partial charge >= 0.3 is 0 Å². The van der Waals surface area contributed by atoms with E-state index in [4.69, 9.17) is 0 Å². The summed E-state index contributed by atoms with van der Waals surface area (Å²) >= 11 is 0. The van der Waals surface area contributed by atoms with Crippen LogP contribution in [0.15, 0.2) is 243 Å². The molecule has 0 bridgehead atoms. The summed E-state index contributed by atoms with van der Waals surface area (Å²) in [7, 11) is 0. The van der Waals surface area contributed by atoms with Gasteiger partial charge in [0, 0.05) is 34.1 Å². The van der Waals surface area contributed by atoms with Crippen LogP contribution in [0.25, 0.3) is 66.8 Å². The SMILES string of the molecule is CCCCCCc1cc(-c2ccc(N(c3ccc(-c4ccc(CCC)cc4)cc3)c3ccc(-c4ccc(C(C)(C)C)cc4)cc3)cc2C)c(CCCCCC)cc1-c1ccc(N(c2ccc(-c3ccc(CCC)cc3)cc2)c2ccc(-c3ccc(C(C)(C)C)cc3)cc2)cc1C. The molecule has 0 aliphatic rings. The third-order valence-electron chi connectivity index (χ3n) is 19.8. The maximum Gasteiger partial charge on any atom is 0.0464 e. The highest BCUT2D eigenvalue weighted by Gasteiger charge is 2.22. The van der Waals surface area contributed by atoms with Crippen LogP contribution in [0, 0.1) is 13.8 Å². The standard InChI is InChI=1S/C94H104N2/c1-13-17-19-21-25-79-65-92(90-62-60-88(64-68(90)6)96(84-53-41-76(42-54-84)72-33-29-70(24-16-4)30-34-72)86-57-45-78(46-58-86)74-37-49-82(50-38-74)94(10,11)12)80(26-22-20-18-14-2)66-91(79)89-61-59-87(63-67(89)5)95(83-51-39-75(40-52-83)71-31-27-69(23-15-3)28-32-71)85-55-43-77(44-56-85)73-35-47-81(48-36-73)93(7,8)9/h27-66H,13-26H2,1-12H3. The first kappa shape index (κ1) is 68.4. The molecule has 11 rings (SSSR count). The van der Waals surface area contributed by atoms with E-state index < -0.39 is 0 Å². The minimum absolute atomic E-state index is 0.103. The number of rotatable bonds is 26. The number of anilines is 6. The van der Waals surface area contributed by atoms with E-state index in [1.54, 1.807) is 0 Å². The number of benzene rings is 11. The number of hydrogen-bond acceptors (Lipinski definition) is 2. The largest absolute Gasteiger partial charge is 0.310 e. The van der Waals surface area contributed by atoms with Gasteiger partial charge in [0.15, 0.2) is 0 Å². The zero-order chi connectivity index (χ0) is 67.3. The minimum atomic E-state index is 0.103. The second-order valence-electron chi connectivity index (χ2n) is 29.2. The Morgan fingerprint density at radius 3 is 0.750 bits per heavy atom.